The van der Waals surface area contributed by atoms with Crippen molar-refractivity contribution in [3.05, 3.63) is 59.7 Å². The predicted molar refractivity (Wildman–Crippen MR) is 99.7 cm³/mol. The number of ether oxygens (including phenoxy) is 1. The molecule has 0 aromatic heterocycles. The number of benzene rings is 1. The van der Waals surface area contributed by atoms with E-state index >= 15 is 0 Å². The Balaban J connectivity index is 1.52. The third kappa shape index (κ3) is 7.18. The number of unbranched alkanes of at least 4 members (excludes halogenated alkanes) is 7. The zero-order chi connectivity index (χ0) is 16.3. The third-order valence-electron chi connectivity index (χ3n) is 4.42. The van der Waals surface area contributed by atoms with Gasteiger partial charge >= 0.3 is 0 Å². The lowest BCUT2D eigenvalue weighted by Gasteiger charge is -1.98. The van der Waals surface area contributed by atoms with Crippen molar-refractivity contribution in [2.24, 2.45) is 0 Å². The van der Waals surface area contributed by atoms with Crippen LogP contribution in [0.1, 0.15) is 75.5 Å². The van der Waals surface area contributed by atoms with Gasteiger partial charge in [0.2, 0.25) is 0 Å². The monoisotopic (exact) mass is 312 g/mol. The molecule has 1 nitrogen and oxygen atoms in total. The zero-order valence-corrected chi connectivity index (χ0v) is 14.8. The van der Waals surface area contributed by atoms with E-state index in [9.17, 15) is 0 Å². The summed E-state index contributed by atoms with van der Waals surface area (Å²) in [4.78, 5) is 0. The summed E-state index contributed by atoms with van der Waals surface area (Å²) in [6.45, 7) is 4.40. The Bertz CT molecular complexity index is 500. The van der Waals surface area contributed by atoms with Crippen molar-refractivity contribution < 1.29 is 4.74 Å². The number of hydrogen-bond donors (Lipinski definition) is 0. The highest BCUT2D eigenvalue weighted by atomic mass is 16.6. The maximum atomic E-state index is 5.73. The van der Waals surface area contributed by atoms with Gasteiger partial charge in [0.1, 0.15) is 12.2 Å². The topological polar surface area (TPSA) is 12.5 Å². The summed E-state index contributed by atoms with van der Waals surface area (Å²) in [7, 11) is 0. The molecule has 0 bridgehead atoms. The van der Waals surface area contributed by atoms with Crippen LogP contribution in [0.5, 0.6) is 0 Å². The highest BCUT2D eigenvalue weighted by molar-refractivity contribution is 5.29. The van der Waals surface area contributed by atoms with Crippen LogP contribution in [0.15, 0.2) is 48.6 Å². The molecule has 0 radical (unpaired) electrons. The maximum Gasteiger partial charge on any atom is 0.113 e. The van der Waals surface area contributed by atoms with Gasteiger partial charge < -0.3 is 4.74 Å². The van der Waals surface area contributed by atoms with Crippen LogP contribution < -0.4 is 0 Å². The van der Waals surface area contributed by atoms with Crippen LogP contribution in [-0.4, -0.2) is 6.10 Å². The van der Waals surface area contributed by atoms with E-state index in [0.29, 0.717) is 0 Å². The molecule has 0 amide bonds. The van der Waals surface area contributed by atoms with Gasteiger partial charge in [-0.05, 0) is 25.3 Å². The van der Waals surface area contributed by atoms with Gasteiger partial charge in [0.25, 0.3) is 0 Å². The zero-order valence-electron chi connectivity index (χ0n) is 14.8. The summed E-state index contributed by atoms with van der Waals surface area (Å²) in [6.07, 6.45) is 20.2. The first-order chi connectivity index (χ1) is 11.3. The molecule has 0 saturated carbocycles. The van der Waals surface area contributed by atoms with E-state index in [1.165, 1.54) is 62.5 Å². The van der Waals surface area contributed by atoms with Gasteiger partial charge in [0, 0.05) is 0 Å². The number of hydrogen-bond acceptors (Lipinski definition) is 1. The second-order valence-corrected chi connectivity index (χ2v) is 6.66. The molecule has 0 unspecified atom stereocenters. The molecule has 126 valence electrons. The Morgan fingerprint density at radius 3 is 2.57 bits per heavy atom. The number of allylic oxidation sites excluding steroid dienone is 3. The minimum absolute atomic E-state index is 0.264. The van der Waals surface area contributed by atoms with Gasteiger partial charge in [0.15, 0.2) is 0 Å². The summed E-state index contributed by atoms with van der Waals surface area (Å²) < 4.78 is 5.73. The van der Waals surface area contributed by atoms with Gasteiger partial charge in [-0.2, -0.15) is 0 Å². The average molecular weight is 312 g/mol. The summed E-state index contributed by atoms with van der Waals surface area (Å²) in [6, 6.07) is 8.61. The highest BCUT2D eigenvalue weighted by Gasteiger charge is 2.37. The lowest BCUT2D eigenvalue weighted by atomic mass is 10.1. The minimum Gasteiger partial charge on any atom is -0.360 e. The Morgan fingerprint density at radius 1 is 1.00 bits per heavy atom. The molecule has 2 atom stereocenters. The highest BCUT2D eigenvalue weighted by Crippen LogP contribution is 2.39. The van der Waals surface area contributed by atoms with E-state index in [1.54, 1.807) is 0 Å². The van der Waals surface area contributed by atoms with Gasteiger partial charge in [-0.1, -0.05) is 99.6 Å². The van der Waals surface area contributed by atoms with Crippen molar-refractivity contribution in [2.75, 3.05) is 0 Å². The fourth-order valence-electron chi connectivity index (χ4n) is 2.95. The molecule has 0 spiro atoms. The van der Waals surface area contributed by atoms with Crippen LogP contribution in [-0.2, 0) is 4.74 Å². The van der Waals surface area contributed by atoms with Crippen LogP contribution in [0.4, 0.5) is 0 Å². The predicted octanol–water partition coefficient (Wildman–Crippen LogP) is 6.69. The van der Waals surface area contributed by atoms with Crippen molar-refractivity contribution >= 4 is 0 Å². The lowest BCUT2D eigenvalue weighted by molar-refractivity contribution is 0.394. The summed E-state index contributed by atoms with van der Waals surface area (Å²) in [5.74, 6) is 0. The van der Waals surface area contributed by atoms with E-state index in [0.717, 1.165) is 0 Å². The quantitative estimate of drug-likeness (QED) is 0.252. The van der Waals surface area contributed by atoms with Crippen LogP contribution in [0.3, 0.4) is 0 Å². The third-order valence-corrected chi connectivity index (χ3v) is 4.42. The van der Waals surface area contributed by atoms with Crippen molar-refractivity contribution in [1.82, 2.24) is 0 Å². The molecular formula is C22H32O. The molecule has 0 N–H and O–H groups in total. The molecule has 1 heteroatoms. The van der Waals surface area contributed by atoms with E-state index in [2.05, 4.69) is 62.4 Å². The standard InChI is InChI=1S/C22H32O/c1-3-4-5-6-7-8-9-10-11-12-13-17-21-22(23-21)20-16-14-15-19(2)18-20/h11-18,21-22H,3-10H2,1-2H3/t21-,22-/m0/s1. The van der Waals surface area contributed by atoms with Crippen LogP contribution >= 0.6 is 0 Å². The fourth-order valence-corrected chi connectivity index (χ4v) is 2.95. The first kappa shape index (κ1) is 18.0. The second-order valence-electron chi connectivity index (χ2n) is 6.66. The van der Waals surface area contributed by atoms with Crippen molar-refractivity contribution in [3.63, 3.8) is 0 Å². The van der Waals surface area contributed by atoms with Gasteiger partial charge in [-0.15, -0.1) is 0 Å². The Morgan fingerprint density at radius 2 is 1.78 bits per heavy atom. The average Bonchev–Trinajstić information content (AvgIpc) is 3.32. The molecule has 0 aliphatic carbocycles. The van der Waals surface area contributed by atoms with E-state index in [1.807, 2.05) is 0 Å². The van der Waals surface area contributed by atoms with Gasteiger partial charge in [-0.25, -0.2) is 0 Å². The largest absolute Gasteiger partial charge is 0.360 e. The molecule has 1 fully saturated rings. The van der Waals surface area contributed by atoms with Gasteiger partial charge in [0.05, 0.1) is 0 Å². The molecule has 23 heavy (non-hydrogen) atoms. The van der Waals surface area contributed by atoms with Crippen LogP contribution in [0, 0.1) is 6.92 Å². The van der Waals surface area contributed by atoms with Crippen LogP contribution in [0.2, 0.25) is 0 Å². The number of aryl methyl sites for hydroxylation is 1. The molecule has 1 aromatic rings. The van der Waals surface area contributed by atoms with E-state index in [4.69, 9.17) is 4.74 Å². The molecule has 1 heterocycles. The van der Waals surface area contributed by atoms with E-state index < -0.39 is 0 Å². The normalized spacial score (nSPS) is 20.6. The molecule has 1 saturated heterocycles. The lowest BCUT2D eigenvalue weighted by Crippen LogP contribution is -1.85. The smallest absolute Gasteiger partial charge is 0.113 e. The second kappa shape index (κ2) is 10.4. The van der Waals surface area contributed by atoms with Crippen molar-refractivity contribution in [2.45, 2.75) is 77.4 Å². The van der Waals surface area contributed by atoms with E-state index in [-0.39, 0.29) is 12.2 Å². The summed E-state index contributed by atoms with van der Waals surface area (Å²) in [5, 5.41) is 0. The van der Waals surface area contributed by atoms with Gasteiger partial charge in [-0.3, -0.25) is 0 Å². The Kier molecular flexibility index (Phi) is 8.17. The Labute approximate surface area is 142 Å². The number of rotatable bonds is 11. The molecule has 2 rings (SSSR count). The van der Waals surface area contributed by atoms with Crippen molar-refractivity contribution in [3.8, 4) is 0 Å². The first-order valence-corrected chi connectivity index (χ1v) is 9.36. The van der Waals surface area contributed by atoms with Crippen molar-refractivity contribution in [1.29, 1.82) is 0 Å². The minimum atomic E-state index is 0.264. The molecule has 1 aromatic carbocycles. The van der Waals surface area contributed by atoms with Crippen LogP contribution in [0.25, 0.3) is 0 Å². The SMILES string of the molecule is CCCCCCCCCC=CC=C[C@@H]1O[C@H]1c1cccc(C)c1. The Hall–Kier alpha value is -1.34. The molecule has 1 aliphatic heterocycles. The number of epoxide rings is 1. The maximum absolute atomic E-state index is 5.73. The molecular weight excluding hydrogens is 280 g/mol. The fraction of sp³-hybridized carbons (Fsp3) is 0.545. The summed E-state index contributed by atoms with van der Waals surface area (Å²) in [5.41, 5.74) is 2.60. The first-order valence-electron chi connectivity index (χ1n) is 9.36. The summed E-state index contributed by atoms with van der Waals surface area (Å²) >= 11 is 0. The molecule has 1 aliphatic rings.